The van der Waals surface area contributed by atoms with Gasteiger partial charge in [-0.2, -0.15) is 0 Å². The highest BCUT2D eigenvalue weighted by molar-refractivity contribution is 5.84. The lowest BCUT2D eigenvalue weighted by atomic mass is 9.78. The van der Waals surface area contributed by atoms with Gasteiger partial charge < -0.3 is 14.4 Å². The van der Waals surface area contributed by atoms with Gasteiger partial charge in [0.05, 0.1) is 12.5 Å². The number of amides is 1. The summed E-state index contributed by atoms with van der Waals surface area (Å²) in [6.45, 7) is 4.22. The molecule has 2 fully saturated rings. The van der Waals surface area contributed by atoms with Gasteiger partial charge in [-0.25, -0.2) is 0 Å². The van der Waals surface area contributed by atoms with Crippen LogP contribution >= 0.6 is 0 Å². The number of carbonyl (C=O) groups excluding carboxylic acids is 1. The van der Waals surface area contributed by atoms with Crippen LogP contribution in [0.15, 0.2) is 23.8 Å². The van der Waals surface area contributed by atoms with Crippen molar-refractivity contribution >= 4 is 12.0 Å². The molecule has 1 unspecified atom stereocenters. The van der Waals surface area contributed by atoms with Gasteiger partial charge in [0.15, 0.2) is 11.5 Å². The van der Waals surface area contributed by atoms with Gasteiger partial charge in [-0.15, -0.1) is 0 Å². The Hall–Kier alpha value is -2.01. The number of ether oxygens (including phenoxy) is 2. The lowest BCUT2D eigenvalue weighted by Gasteiger charge is -2.37. The number of carbonyl (C=O) groups is 1. The Balaban J connectivity index is 1.47. The Morgan fingerprint density at radius 2 is 2.16 bits per heavy atom. The first-order chi connectivity index (χ1) is 12.1. The minimum absolute atomic E-state index is 0.149. The van der Waals surface area contributed by atoms with E-state index in [-0.39, 0.29) is 5.41 Å². The fraction of sp³-hybridized carbons (Fsp3) is 0.550. The lowest BCUT2D eigenvalue weighted by Crippen LogP contribution is -2.48. The average molecular weight is 342 g/mol. The number of piperidine rings is 1. The first-order valence-corrected chi connectivity index (χ1v) is 9.08. The van der Waals surface area contributed by atoms with Crippen molar-refractivity contribution in [2.24, 2.45) is 5.41 Å². The summed E-state index contributed by atoms with van der Waals surface area (Å²) in [5, 5.41) is 0. The maximum absolute atomic E-state index is 12.7. The molecule has 3 aliphatic heterocycles. The molecule has 5 heteroatoms. The van der Waals surface area contributed by atoms with Crippen molar-refractivity contribution in [2.45, 2.75) is 19.3 Å². The van der Waals surface area contributed by atoms with Crippen molar-refractivity contribution in [2.75, 3.05) is 46.9 Å². The molecule has 0 aromatic heterocycles. The molecule has 0 radical (unpaired) electrons. The van der Waals surface area contributed by atoms with Gasteiger partial charge in [0, 0.05) is 32.2 Å². The quantitative estimate of drug-likeness (QED) is 0.846. The van der Waals surface area contributed by atoms with Gasteiger partial charge in [0.2, 0.25) is 5.91 Å². The highest BCUT2D eigenvalue weighted by Crippen LogP contribution is 2.40. The predicted molar refractivity (Wildman–Crippen MR) is 96.8 cm³/mol. The SMILES string of the molecule is COc1cccc2c1OCC(CN1CCC3(CCCN(C)C3=O)C1)=C2. The zero-order chi connectivity index (χ0) is 17.4. The zero-order valence-corrected chi connectivity index (χ0v) is 15.1. The van der Waals surface area contributed by atoms with Crippen LogP contribution in [-0.2, 0) is 4.79 Å². The van der Waals surface area contributed by atoms with E-state index >= 15 is 0 Å². The third-order valence-corrected chi connectivity index (χ3v) is 5.80. The van der Waals surface area contributed by atoms with Crippen LogP contribution in [0.2, 0.25) is 0 Å². The second kappa shape index (κ2) is 6.37. The van der Waals surface area contributed by atoms with Gasteiger partial charge in [-0.05, 0) is 43.5 Å². The Morgan fingerprint density at radius 1 is 1.28 bits per heavy atom. The Kier molecular flexibility index (Phi) is 4.20. The van der Waals surface area contributed by atoms with E-state index in [0.717, 1.165) is 62.5 Å². The molecule has 0 aliphatic carbocycles. The maximum Gasteiger partial charge on any atom is 0.229 e. The third-order valence-electron chi connectivity index (χ3n) is 5.80. The summed E-state index contributed by atoms with van der Waals surface area (Å²) in [6, 6.07) is 5.97. The maximum atomic E-state index is 12.7. The van der Waals surface area contributed by atoms with Crippen molar-refractivity contribution in [3.05, 3.63) is 29.3 Å². The van der Waals surface area contributed by atoms with Crippen molar-refractivity contribution in [3.8, 4) is 11.5 Å². The van der Waals surface area contributed by atoms with E-state index in [4.69, 9.17) is 9.47 Å². The van der Waals surface area contributed by atoms with Crippen LogP contribution < -0.4 is 9.47 Å². The van der Waals surface area contributed by atoms with Crippen molar-refractivity contribution in [3.63, 3.8) is 0 Å². The molecule has 4 rings (SSSR count). The summed E-state index contributed by atoms with van der Waals surface area (Å²) in [5.41, 5.74) is 2.18. The number of fused-ring (bicyclic) bond motifs is 1. The average Bonchev–Trinajstić information content (AvgIpc) is 3.02. The second-order valence-corrected chi connectivity index (χ2v) is 7.54. The molecule has 2 saturated heterocycles. The van der Waals surface area contributed by atoms with Gasteiger partial charge in [-0.1, -0.05) is 12.1 Å². The molecular weight excluding hydrogens is 316 g/mol. The molecule has 0 bridgehead atoms. The molecule has 0 saturated carbocycles. The number of likely N-dealkylation sites (tertiary alicyclic amines) is 2. The van der Waals surface area contributed by atoms with E-state index in [1.54, 1.807) is 7.11 Å². The van der Waals surface area contributed by atoms with Crippen LogP contribution in [0.1, 0.15) is 24.8 Å². The Bertz CT molecular complexity index is 715. The van der Waals surface area contributed by atoms with Gasteiger partial charge in [0.1, 0.15) is 6.61 Å². The van der Waals surface area contributed by atoms with E-state index in [2.05, 4.69) is 17.0 Å². The number of benzene rings is 1. The van der Waals surface area contributed by atoms with Crippen LogP contribution in [-0.4, -0.2) is 62.7 Å². The summed E-state index contributed by atoms with van der Waals surface area (Å²) in [7, 11) is 3.60. The number of nitrogens with zero attached hydrogens (tertiary/aromatic N) is 2. The topological polar surface area (TPSA) is 42.0 Å². The van der Waals surface area contributed by atoms with Crippen LogP contribution in [0, 0.1) is 5.41 Å². The van der Waals surface area contributed by atoms with E-state index in [9.17, 15) is 4.79 Å². The molecule has 5 nitrogen and oxygen atoms in total. The van der Waals surface area contributed by atoms with E-state index in [1.807, 2.05) is 24.1 Å². The fourth-order valence-electron chi connectivity index (χ4n) is 4.51. The zero-order valence-electron chi connectivity index (χ0n) is 15.1. The molecule has 1 aromatic rings. The normalized spacial score (nSPS) is 26.4. The van der Waals surface area contributed by atoms with Gasteiger partial charge >= 0.3 is 0 Å². The summed E-state index contributed by atoms with van der Waals surface area (Å²) in [5.74, 6) is 1.95. The predicted octanol–water partition coefficient (Wildman–Crippen LogP) is 2.42. The minimum atomic E-state index is -0.149. The number of hydrogen-bond acceptors (Lipinski definition) is 4. The van der Waals surface area contributed by atoms with Crippen LogP contribution in [0.5, 0.6) is 11.5 Å². The van der Waals surface area contributed by atoms with Gasteiger partial charge in [-0.3, -0.25) is 9.69 Å². The Labute approximate surface area is 149 Å². The van der Waals surface area contributed by atoms with Crippen LogP contribution in [0.3, 0.4) is 0 Å². The number of para-hydroxylation sites is 1. The second-order valence-electron chi connectivity index (χ2n) is 7.54. The first kappa shape index (κ1) is 16.5. The molecule has 0 N–H and O–H groups in total. The molecular formula is C20H26N2O3. The molecule has 134 valence electrons. The summed E-state index contributed by atoms with van der Waals surface area (Å²) in [6.07, 6.45) is 5.34. The van der Waals surface area contributed by atoms with Crippen LogP contribution in [0.4, 0.5) is 0 Å². The van der Waals surface area contributed by atoms with Crippen molar-refractivity contribution < 1.29 is 14.3 Å². The minimum Gasteiger partial charge on any atom is -0.493 e. The molecule has 3 heterocycles. The molecule has 25 heavy (non-hydrogen) atoms. The smallest absolute Gasteiger partial charge is 0.229 e. The highest BCUT2D eigenvalue weighted by atomic mass is 16.5. The van der Waals surface area contributed by atoms with Gasteiger partial charge in [0.25, 0.3) is 0 Å². The summed E-state index contributed by atoms with van der Waals surface area (Å²) >= 11 is 0. The largest absolute Gasteiger partial charge is 0.493 e. The standard InChI is InChI=1S/C20H26N2O3/c1-21-9-4-7-20(19(21)23)8-10-22(14-20)12-15-11-16-5-3-6-17(24-2)18(16)25-13-15/h3,5-6,11H,4,7-10,12-14H2,1-2H3. The van der Waals surface area contributed by atoms with Crippen molar-refractivity contribution in [1.29, 1.82) is 0 Å². The first-order valence-electron chi connectivity index (χ1n) is 9.08. The molecule has 1 aromatic carbocycles. The van der Waals surface area contributed by atoms with E-state index < -0.39 is 0 Å². The molecule has 1 spiro atoms. The lowest BCUT2D eigenvalue weighted by molar-refractivity contribution is -0.143. The number of hydrogen-bond donors (Lipinski definition) is 0. The van der Waals surface area contributed by atoms with E-state index in [1.165, 1.54) is 5.57 Å². The molecule has 3 aliphatic rings. The third kappa shape index (κ3) is 2.91. The highest BCUT2D eigenvalue weighted by Gasteiger charge is 2.47. The van der Waals surface area contributed by atoms with Crippen LogP contribution in [0.25, 0.3) is 6.08 Å². The number of rotatable bonds is 3. The fourth-order valence-corrected chi connectivity index (χ4v) is 4.51. The number of methoxy groups -OCH3 is 1. The summed E-state index contributed by atoms with van der Waals surface area (Å²) in [4.78, 5) is 17.0. The monoisotopic (exact) mass is 342 g/mol. The van der Waals surface area contributed by atoms with E-state index in [0.29, 0.717) is 12.5 Å². The summed E-state index contributed by atoms with van der Waals surface area (Å²) < 4.78 is 11.3. The van der Waals surface area contributed by atoms with Crippen molar-refractivity contribution in [1.82, 2.24) is 9.80 Å². The molecule has 1 atom stereocenters. The molecule has 1 amide bonds. The Morgan fingerprint density at radius 3 is 3.00 bits per heavy atom.